The summed E-state index contributed by atoms with van der Waals surface area (Å²) >= 11 is 1.70. The monoisotopic (exact) mass is 276 g/mol. The van der Waals surface area contributed by atoms with Gasteiger partial charge in [-0.3, -0.25) is 0 Å². The Balaban J connectivity index is 1.48. The molecule has 0 saturated carbocycles. The average Bonchev–Trinajstić information content (AvgIpc) is 2.85. The normalized spacial score (nSPS) is 10.8. The van der Waals surface area contributed by atoms with Crippen molar-refractivity contribution in [3.05, 3.63) is 52.0 Å². The highest BCUT2D eigenvalue weighted by molar-refractivity contribution is 7.11. The molecule has 1 N–H and O–H groups in total. The molecule has 0 amide bonds. The number of aryl methyl sites for hydroxylation is 1. The molecule has 0 aliphatic carbocycles. The zero-order chi connectivity index (χ0) is 13.3. The van der Waals surface area contributed by atoms with Crippen molar-refractivity contribution in [2.45, 2.75) is 26.5 Å². The fourth-order valence-corrected chi connectivity index (χ4v) is 2.51. The molecule has 4 heteroatoms. The summed E-state index contributed by atoms with van der Waals surface area (Å²) in [4.78, 5) is 5.41. The van der Waals surface area contributed by atoms with Gasteiger partial charge in [0.2, 0.25) is 0 Å². The maximum absolute atomic E-state index is 5.62. The summed E-state index contributed by atoms with van der Waals surface area (Å²) in [6.07, 6.45) is 2.93. The van der Waals surface area contributed by atoms with Crippen molar-refractivity contribution in [3.63, 3.8) is 0 Å². The van der Waals surface area contributed by atoms with Crippen LogP contribution in [0.1, 0.15) is 21.9 Å². The third-order valence-electron chi connectivity index (χ3n) is 2.73. The molecule has 0 aliphatic rings. The van der Waals surface area contributed by atoms with Gasteiger partial charge in [-0.05, 0) is 25.5 Å². The molecule has 19 heavy (non-hydrogen) atoms. The van der Waals surface area contributed by atoms with Crippen LogP contribution in [-0.2, 0) is 17.9 Å². The molecule has 0 aliphatic heterocycles. The lowest BCUT2D eigenvalue weighted by Crippen LogP contribution is -2.16. The minimum Gasteiger partial charge on any atom is -0.376 e. The zero-order valence-corrected chi connectivity index (χ0v) is 12.1. The molecule has 2 aromatic rings. The maximum atomic E-state index is 5.62. The van der Waals surface area contributed by atoms with E-state index in [0.717, 1.165) is 31.1 Å². The minimum atomic E-state index is 0.685. The Morgan fingerprint density at radius 1 is 1.26 bits per heavy atom. The molecule has 1 aromatic carbocycles. The molecule has 0 spiro atoms. The Morgan fingerprint density at radius 2 is 2.11 bits per heavy atom. The smallest absolute Gasteiger partial charge is 0.0897 e. The highest BCUT2D eigenvalue weighted by Crippen LogP contribution is 2.12. The molecule has 102 valence electrons. The van der Waals surface area contributed by atoms with Crippen molar-refractivity contribution in [1.29, 1.82) is 0 Å². The zero-order valence-electron chi connectivity index (χ0n) is 11.3. The highest BCUT2D eigenvalue weighted by Gasteiger charge is 1.98. The van der Waals surface area contributed by atoms with E-state index in [4.69, 9.17) is 4.74 Å². The number of thiazole rings is 1. The van der Waals surface area contributed by atoms with E-state index in [1.807, 2.05) is 19.2 Å². The molecular weight excluding hydrogens is 256 g/mol. The van der Waals surface area contributed by atoms with Gasteiger partial charge >= 0.3 is 0 Å². The molecule has 0 saturated heterocycles. The van der Waals surface area contributed by atoms with Gasteiger partial charge in [-0.1, -0.05) is 30.3 Å². The van der Waals surface area contributed by atoms with E-state index in [-0.39, 0.29) is 0 Å². The largest absolute Gasteiger partial charge is 0.376 e. The van der Waals surface area contributed by atoms with Crippen LogP contribution in [0.25, 0.3) is 0 Å². The standard InChI is InChI=1S/C15H20N2OS/c1-13-17-11-15(19-13)12-18-9-5-8-16-10-14-6-3-2-4-7-14/h2-4,6-7,11,16H,5,8-10,12H2,1H3. The summed E-state index contributed by atoms with van der Waals surface area (Å²) in [6.45, 7) is 5.40. The molecule has 2 rings (SSSR count). The molecule has 3 nitrogen and oxygen atoms in total. The Labute approximate surface area is 118 Å². The first kappa shape index (κ1) is 14.2. The van der Waals surface area contributed by atoms with Gasteiger partial charge in [0.15, 0.2) is 0 Å². The van der Waals surface area contributed by atoms with Crippen LogP contribution in [0.3, 0.4) is 0 Å². The second-order valence-corrected chi connectivity index (χ2v) is 5.73. The Bertz CT molecular complexity index is 470. The Kier molecular flexibility index (Phi) is 6.01. The number of rotatable bonds is 8. The van der Waals surface area contributed by atoms with E-state index < -0.39 is 0 Å². The highest BCUT2D eigenvalue weighted by atomic mass is 32.1. The van der Waals surface area contributed by atoms with Crippen LogP contribution in [0.5, 0.6) is 0 Å². The number of hydrogen-bond acceptors (Lipinski definition) is 4. The van der Waals surface area contributed by atoms with Gasteiger partial charge in [0, 0.05) is 19.3 Å². The first-order valence-corrected chi connectivity index (χ1v) is 7.40. The van der Waals surface area contributed by atoms with Gasteiger partial charge in [-0.25, -0.2) is 4.98 Å². The van der Waals surface area contributed by atoms with Gasteiger partial charge < -0.3 is 10.1 Å². The number of ether oxygens (including phenoxy) is 1. The molecule has 0 atom stereocenters. The lowest BCUT2D eigenvalue weighted by molar-refractivity contribution is 0.120. The molecule has 0 bridgehead atoms. The molecule has 0 unspecified atom stereocenters. The first-order chi connectivity index (χ1) is 9.34. The minimum absolute atomic E-state index is 0.685. The van der Waals surface area contributed by atoms with Crippen LogP contribution in [0, 0.1) is 6.92 Å². The van der Waals surface area contributed by atoms with Crippen LogP contribution in [0.15, 0.2) is 36.5 Å². The van der Waals surface area contributed by atoms with Gasteiger partial charge in [-0.2, -0.15) is 0 Å². The molecule has 1 aromatic heterocycles. The summed E-state index contributed by atoms with van der Waals surface area (Å²) in [6, 6.07) is 10.4. The summed E-state index contributed by atoms with van der Waals surface area (Å²) < 4.78 is 5.62. The van der Waals surface area contributed by atoms with Crippen molar-refractivity contribution in [3.8, 4) is 0 Å². The lowest BCUT2D eigenvalue weighted by atomic mass is 10.2. The molecule has 0 radical (unpaired) electrons. The quantitative estimate of drug-likeness (QED) is 0.752. The van der Waals surface area contributed by atoms with Gasteiger partial charge in [0.25, 0.3) is 0 Å². The van der Waals surface area contributed by atoms with Crippen LogP contribution >= 0.6 is 11.3 Å². The second-order valence-electron chi connectivity index (χ2n) is 4.41. The second kappa shape index (κ2) is 8.04. The first-order valence-electron chi connectivity index (χ1n) is 6.58. The topological polar surface area (TPSA) is 34.1 Å². The van der Waals surface area contributed by atoms with Crippen LogP contribution in [0.2, 0.25) is 0 Å². The molecular formula is C15H20N2OS. The third-order valence-corrected chi connectivity index (χ3v) is 3.61. The average molecular weight is 276 g/mol. The predicted octanol–water partition coefficient (Wildman–Crippen LogP) is 3.15. The number of benzene rings is 1. The predicted molar refractivity (Wildman–Crippen MR) is 79.3 cm³/mol. The van der Waals surface area contributed by atoms with E-state index in [9.17, 15) is 0 Å². The summed E-state index contributed by atoms with van der Waals surface area (Å²) in [5, 5.41) is 4.51. The van der Waals surface area contributed by atoms with Crippen LogP contribution in [0.4, 0.5) is 0 Å². The Hall–Kier alpha value is -1.23. The van der Waals surface area contributed by atoms with Crippen molar-refractivity contribution < 1.29 is 4.74 Å². The maximum Gasteiger partial charge on any atom is 0.0897 e. The third kappa shape index (κ3) is 5.51. The van der Waals surface area contributed by atoms with Crippen molar-refractivity contribution in [2.75, 3.05) is 13.2 Å². The van der Waals surface area contributed by atoms with E-state index >= 15 is 0 Å². The van der Waals surface area contributed by atoms with E-state index in [1.54, 1.807) is 11.3 Å². The fraction of sp³-hybridized carbons (Fsp3) is 0.400. The van der Waals surface area contributed by atoms with Crippen LogP contribution < -0.4 is 5.32 Å². The SMILES string of the molecule is Cc1ncc(COCCCNCc2ccccc2)s1. The van der Waals surface area contributed by atoms with Gasteiger partial charge in [0.05, 0.1) is 16.5 Å². The molecule has 0 fully saturated rings. The number of nitrogens with zero attached hydrogens (tertiary/aromatic N) is 1. The summed E-state index contributed by atoms with van der Waals surface area (Å²) in [7, 11) is 0. The van der Waals surface area contributed by atoms with Gasteiger partial charge in [-0.15, -0.1) is 11.3 Å². The number of nitrogens with one attached hydrogen (secondary N) is 1. The number of hydrogen-bond donors (Lipinski definition) is 1. The Morgan fingerprint density at radius 3 is 2.84 bits per heavy atom. The van der Waals surface area contributed by atoms with Crippen molar-refractivity contribution in [2.24, 2.45) is 0 Å². The summed E-state index contributed by atoms with van der Waals surface area (Å²) in [5.41, 5.74) is 1.32. The van der Waals surface area contributed by atoms with Gasteiger partial charge in [0.1, 0.15) is 0 Å². The molecule has 1 heterocycles. The lowest BCUT2D eigenvalue weighted by Gasteiger charge is -2.05. The van der Waals surface area contributed by atoms with E-state index in [0.29, 0.717) is 6.61 Å². The number of aromatic nitrogens is 1. The van der Waals surface area contributed by atoms with Crippen molar-refractivity contribution in [1.82, 2.24) is 10.3 Å². The van der Waals surface area contributed by atoms with Crippen LogP contribution in [-0.4, -0.2) is 18.1 Å². The van der Waals surface area contributed by atoms with E-state index in [1.165, 1.54) is 10.4 Å². The fourth-order valence-electron chi connectivity index (χ4n) is 1.77. The summed E-state index contributed by atoms with van der Waals surface area (Å²) in [5.74, 6) is 0. The van der Waals surface area contributed by atoms with Crippen molar-refractivity contribution >= 4 is 11.3 Å². The van der Waals surface area contributed by atoms with E-state index in [2.05, 4.69) is 34.6 Å².